The minimum absolute atomic E-state index is 0.653. The zero-order chi connectivity index (χ0) is 57.2. The molecule has 6 heteroatoms. The van der Waals surface area contributed by atoms with Gasteiger partial charge in [0.25, 0.3) is 0 Å². The van der Waals surface area contributed by atoms with E-state index in [1.807, 2.05) is 66.7 Å². The topological polar surface area (TPSA) is 61.4 Å². The molecule has 4 aromatic heterocycles. The van der Waals surface area contributed by atoms with Gasteiger partial charge in [0.05, 0.1) is 33.5 Å². The van der Waals surface area contributed by atoms with Gasteiger partial charge in [0.15, 0.2) is 17.5 Å². The molecule has 4 heterocycles. The van der Waals surface area contributed by atoms with E-state index in [-0.39, 0.29) is 0 Å². The summed E-state index contributed by atoms with van der Waals surface area (Å²) in [6.45, 7) is 0. The molecule has 12 aromatic carbocycles. The molecule has 16 rings (SSSR count). The van der Waals surface area contributed by atoms with E-state index in [0.717, 1.165) is 56.0 Å². The van der Waals surface area contributed by atoms with Gasteiger partial charge in [0, 0.05) is 60.7 Å². The van der Waals surface area contributed by atoms with Crippen LogP contribution in [0.2, 0.25) is 0 Å². The van der Waals surface area contributed by atoms with E-state index in [0.29, 0.717) is 17.5 Å². The summed E-state index contributed by atoms with van der Waals surface area (Å²) in [6, 6.07) is 115. The van der Waals surface area contributed by atoms with Crippen LogP contribution < -0.4 is 0 Å². The van der Waals surface area contributed by atoms with Gasteiger partial charge in [-0.15, -0.1) is 0 Å². The van der Waals surface area contributed by atoms with E-state index in [1.165, 1.54) is 71.6 Å². The number of rotatable bonds is 10. The third-order valence-electron chi connectivity index (χ3n) is 16.1. The van der Waals surface area contributed by atoms with E-state index in [4.69, 9.17) is 19.9 Å². The standard InChI is InChI=1S/C41H28N2.C39H26N4/c1-4-12-29(13-5-1)34-27-38(31-14-6-2-7-15-31)42-39(28-34)32-22-20-30(21-23-32)33-24-25-41-37(26-33)36-18-10-11-19-40(36)43(41)35-16-8-3-9-17-35;1-4-12-28(13-5-1)37-40-38(29-14-6-2-7-15-29)42-39(41-37)30-22-20-27(21-23-30)31-24-25-36-34(26-31)33-18-10-11-19-35(33)43(36)32-16-8-3-9-17-32/h1-28H;1-26H. The molecule has 0 atom stereocenters. The van der Waals surface area contributed by atoms with Gasteiger partial charge >= 0.3 is 0 Å². The quantitative estimate of drug-likeness (QED) is 0.137. The zero-order valence-electron chi connectivity index (χ0n) is 46.9. The second-order valence-corrected chi connectivity index (χ2v) is 21.4. The molecule has 0 amide bonds. The molecule has 86 heavy (non-hydrogen) atoms. The lowest BCUT2D eigenvalue weighted by Gasteiger charge is -2.11. The highest BCUT2D eigenvalue weighted by atomic mass is 15.0. The van der Waals surface area contributed by atoms with Crippen LogP contribution in [0.5, 0.6) is 0 Å². The fourth-order valence-electron chi connectivity index (χ4n) is 11.8. The fourth-order valence-corrected chi connectivity index (χ4v) is 11.8. The van der Waals surface area contributed by atoms with Crippen LogP contribution in [0.1, 0.15) is 0 Å². The third kappa shape index (κ3) is 9.97. The van der Waals surface area contributed by atoms with Crippen LogP contribution in [0.15, 0.2) is 328 Å². The number of hydrogen-bond acceptors (Lipinski definition) is 4. The van der Waals surface area contributed by atoms with Crippen LogP contribution in [0, 0.1) is 0 Å². The maximum absolute atomic E-state index is 5.11. The smallest absolute Gasteiger partial charge is 0.164 e. The molecule has 16 aromatic rings. The molecule has 0 saturated heterocycles. The Balaban J connectivity index is 0.000000145. The second kappa shape index (κ2) is 22.6. The highest BCUT2D eigenvalue weighted by Crippen LogP contribution is 2.39. The molecule has 404 valence electrons. The summed E-state index contributed by atoms with van der Waals surface area (Å²) in [5.74, 6) is 1.98. The van der Waals surface area contributed by atoms with E-state index in [2.05, 4.69) is 270 Å². The monoisotopic (exact) mass is 1100 g/mol. The first kappa shape index (κ1) is 51.3. The summed E-state index contributed by atoms with van der Waals surface area (Å²) in [7, 11) is 0. The summed E-state index contributed by atoms with van der Waals surface area (Å²) in [5.41, 5.74) is 21.2. The molecule has 0 unspecified atom stereocenters. The van der Waals surface area contributed by atoms with Crippen molar-refractivity contribution in [1.82, 2.24) is 29.1 Å². The summed E-state index contributed by atoms with van der Waals surface area (Å²) in [6.07, 6.45) is 0. The molecule has 0 aliphatic rings. The first-order valence-corrected chi connectivity index (χ1v) is 29.0. The summed E-state index contributed by atoms with van der Waals surface area (Å²) in [5, 5.41) is 4.99. The highest BCUT2D eigenvalue weighted by molar-refractivity contribution is 6.11. The van der Waals surface area contributed by atoms with Crippen LogP contribution in [0.25, 0.3) is 145 Å². The van der Waals surface area contributed by atoms with Gasteiger partial charge < -0.3 is 9.13 Å². The van der Waals surface area contributed by atoms with Crippen molar-refractivity contribution < 1.29 is 0 Å². The second-order valence-electron chi connectivity index (χ2n) is 21.4. The van der Waals surface area contributed by atoms with Crippen LogP contribution in [-0.4, -0.2) is 29.1 Å². The number of nitrogens with zero attached hydrogens (tertiary/aromatic N) is 6. The van der Waals surface area contributed by atoms with Crippen molar-refractivity contribution in [3.8, 4) is 101 Å². The maximum atomic E-state index is 5.11. The van der Waals surface area contributed by atoms with Crippen LogP contribution >= 0.6 is 0 Å². The Kier molecular flexibility index (Phi) is 13.5. The van der Waals surface area contributed by atoms with Crippen molar-refractivity contribution in [3.05, 3.63) is 328 Å². The number of benzene rings is 12. The van der Waals surface area contributed by atoms with E-state index in [9.17, 15) is 0 Å². The Bertz CT molecular complexity index is 4610. The lowest BCUT2D eigenvalue weighted by atomic mass is 9.98. The summed E-state index contributed by atoms with van der Waals surface area (Å²) < 4.78 is 4.69. The number of para-hydroxylation sites is 4. The van der Waals surface area contributed by atoms with E-state index < -0.39 is 0 Å². The number of hydrogen-bond donors (Lipinski definition) is 0. The fraction of sp³-hybridized carbons (Fsp3) is 0. The van der Waals surface area contributed by atoms with Crippen LogP contribution in [0.3, 0.4) is 0 Å². The van der Waals surface area contributed by atoms with E-state index in [1.54, 1.807) is 0 Å². The third-order valence-corrected chi connectivity index (χ3v) is 16.1. The molecule has 0 aliphatic carbocycles. The zero-order valence-corrected chi connectivity index (χ0v) is 46.9. The predicted octanol–water partition coefficient (Wildman–Crippen LogP) is 20.5. The largest absolute Gasteiger partial charge is 0.309 e. The minimum Gasteiger partial charge on any atom is -0.309 e. The summed E-state index contributed by atoms with van der Waals surface area (Å²) >= 11 is 0. The Morgan fingerprint density at radius 2 is 0.453 bits per heavy atom. The molecule has 6 nitrogen and oxygen atoms in total. The van der Waals surface area contributed by atoms with Crippen LogP contribution in [-0.2, 0) is 0 Å². The number of fused-ring (bicyclic) bond motifs is 6. The van der Waals surface area contributed by atoms with Crippen molar-refractivity contribution in [2.24, 2.45) is 0 Å². The average molecular weight is 1100 g/mol. The maximum Gasteiger partial charge on any atom is 0.164 e. The van der Waals surface area contributed by atoms with Crippen molar-refractivity contribution in [1.29, 1.82) is 0 Å². The van der Waals surface area contributed by atoms with Crippen molar-refractivity contribution in [2.45, 2.75) is 0 Å². The normalized spacial score (nSPS) is 11.3. The molecule has 0 aliphatic heterocycles. The lowest BCUT2D eigenvalue weighted by Crippen LogP contribution is -2.00. The van der Waals surface area contributed by atoms with Gasteiger partial charge in [-0.1, -0.05) is 255 Å². The Hall–Kier alpha value is -11.6. The average Bonchev–Trinajstić information content (AvgIpc) is 2.08. The molecule has 0 saturated carbocycles. The first-order valence-electron chi connectivity index (χ1n) is 29.0. The lowest BCUT2D eigenvalue weighted by molar-refractivity contribution is 1.07. The summed E-state index contributed by atoms with van der Waals surface area (Å²) in [4.78, 5) is 19.7. The Labute approximate surface area is 499 Å². The SMILES string of the molecule is c1ccc(-c2cc(-c3ccccc3)nc(-c3ccc(-c4ccc5c(c4)c4ccccc4n5-c4ccccc4)cc3)c2)cc1.c1ccc(-c2nc(-c3ccccc3)nc(-c3ccc(-c4ccc5c(c4)c4ccccc4n5-c4ccccc4)cc3)n2)cc1. The molecule has 0 radical (unpaired) electrons. The molecular weight excluding hydrogens is 1040 g/mol. The van der Waals surface area contributed by atoms with Gasteiger partial charge in [-0.05, 0) is 106 Å². The molecular formula is C80H54N6. The molecule has 0 bridgehead atoms. The van der Waals surface area contributed by atoms with Crippen LogP contribution in [0.4, 0.5) is 0 Å². The Morgan fingerprint density at radius 3 is 0.872 bits per heavy atom. The van der Waals surface area contributed by atoms with Crippen molar-refractivity contribution in [3.63, 3.8) is 0 Å². The highest BCUT2D eigenvalue weighted by Gasteiger charge is 2.17. The predicted molar refractivity (Wildman–Crippen MR) is 356 cm³/mol. The number of aromatic nitrogens is 6. The molecule has 0 spiro atoms. The van der Waals surface area contributed by atoms with Gasteiger partial charge in [-0.2, -0.15) is 0 Å². The number of pyridine rings is 1. The minimum atomic E-state index is 0.653. The molecule has 0 fully saturated rings. The molecule has 0 N–H and O–H groups in total. The Morgan fingerprint density at radius 1 is 0.174 bits per heavy atom. The van der Waals surface area contributed by atoms with E-state index >= 15 is 0 Å². The first-order chi connectivity index (χ1) is 42.6. The van der Waals surface area contributed by atoms with Gasteiger partial charge in [-0.3, -0.25) is 0 Å². The van der Waals surface area contributed by atoms with Crippen molar-refractivity contribution in [2.75, 3.05) is 0 Å². The van der Waals surface area contributed by atoms with Crippen molar-refractivity contribution >= 4 is 43.6 Å². The van der Waals surface area contributed by atoms with Gasteiger partial charge in [0.1, 0.15) is 0 Å². The van der Waals surface area contributed by atoms with Gasteiger partial charge in [-0.25, -0.2) is 19.9 Å². The van der Waals surface area contributed by atoms with Gasteiger partial charge in [0.2, 0.25) is 0 Å².